The first-order valence-electron chi connectivity index (χ1n) is 24.4. The molecule has 0 heterocycles. The quantitative estimate of drug-likeness (QED) is 0.146. The third kappa shape index (κ3) is 5.65. The molecule has 0 aliphatic rings. The Morgan fingerprint density at radius 1 is 0.143 bits per heavy atom. The second-order valence-corrected chi connectivity index (χ2v) is 19.0. The number of fused-ring (bicyclic) bond motifs is 10. The average Bonchev–Trinajstić information content (AvgIpc) is 3.94. The molecule has 0 aliphatic heterocycles. The molecule has 0 heteroatoms. The lowest BCUT2D eigenvalue weighted by molar-refractivity contribution is 1.57. The maximum atomic E-state index is 2.55. The van der Waals surface area contributed by atoms with Crippen molar-refractivity contribution in [2.75, 3.05) is 0 Å². The van der Waals surface area contributed by atoms with Crippen LogP contribution in [0, 0.1) is 0 Å². The minimum Gasteiger partial charge on any atom is -0.0622 e. The van der Waals surface area contributed by atoms with Crippen LogP contribution in [0.3, 0.4) is 0 Å². The molecule has 15 aromatic rings. The summed E-state index contributed by atoms with van der Waals surface area (Å²) in [5.41, 5.74) is 14.7. The number of benzene rings is 13. The van der Waals surface area contributed by atoms with Crippen LogP contribution >= 0.6 is 0 Å². The van der Waals surface area contributed by atoms with Crippen molar-refractivity contribution in [2.45, 2.75) is 0 Å². The van der Waals surface area contributed by atoms with Crippen molar-refractivity contribution < 1.29 is 0 Å². The molecule has 70 heavy (non-hydrogen) atoms. The molecule has 0 atom stereocenters. The Morgan fingerprint density at radius 2 is 0.457 bits per heavy atom. The first-order chi connectivity index (χ1) is 34.8. The van der Waals surface area contributed by atoms with Gasteiger partial charge in [0.2, 0.25) is 0 Å². The SMILES string of the molecule is c1ccc(-c2cccc(-c3ccccc3)c2-c2cc3c(cc4c5ccccc5c5cccc3c54)c3cc4c(cc23)c2ccc(-c3c(-c5ccccc5)cccc3-c3ccccc3)c3cccc4c32)cc1. The molecule has 0 unspecified atom stereocenters. The third-order valence-corrected chi connectivity index (χ3v) is 15.4. The highest BCUT2D eigenvalue weighted by molar-refractivity contribution is 6.39. The Kier molecular flexibility index (Phi) is 8.46. The molecular formula is C70H42. The Labute approximate surface area is 405 Å². The molecule has 15 rings (SSSR count). The standard InChI is InChI=1S/C70H42/c1-5-19-43(20-6-1)47-29-15-30-48(44-21-7-2-8-22-44)67(47)57-37-38-58-60-40-64-62(39-59(60)55-35-18-34-54(57)69(55)58)63-42-65-52-28-14-13-27-51(52)53-33-17-36-56(70(53)65)61(63)41-66(64)68-49(45-23-9-3-10-24-45)31-16-32-50(68)46-25-11-4-12-26-46/h1-42H. The summed E-state index contributed by atoms with van der Waals surface area (Å²) in [5.74, 6) is 0. The van der Waals surface area contributed by atoms with E-state index in [1.807, 2.05) is 0 Å². The minimum atomic E-state index is 1.20. The van der Waals surface area contributed by atoms with Crippen LogP contribution < -0.4 is 0 Å². The van der Waals surface area contributed by atoms with Gasteiger partial charge in [-0.25, -0.2) is 0 Å². The molecule has 0 radical (unpaired) electrons. The molecule has 0 saturated heterocycles. The van der Waals surface area contributed by atoms with Gasteiger partial charge in [0.05, 0.1) is 0 Å². The summed E-state index contributed by atoms with van der Waals surface area (Å²) in [6, 6.07) is 95.2. The van der Waals surface area contributed by atoms with Gasteiger partial charge in [0.25, 0.3) is 0 Å². The molecule has 0 aromatic heterocycles. The van der Waals surface area contributed by atoms with Crippen molar-refractivity contribution in [3.63, 3.8) is 0 Å². The van der Waals surface area contributed by atoms with Crippen LogP contribution in [0.4, 0.5) is 0 Å². The van der Waals surface area contributed by atoms with Crippen LogP contribution in [-0.4, -0.2) is 0 Å². The van der Waals surface area contributed by atoms with E-state index in [0.29, 0.717) is 0 Å². The summed E-state index contributed by atoms with van der Waals surface area (Å²) >= 11 is 0. The molecule has 0 N–H and O–H groups in total. The van der Waals surface area contributed by atoms with Gasteiger partial charge in [-0.15, -0.1) is 0 Å². The van der Waals surface area contributed by atoms with Gasteiger partial charge < -0.3 is 0 Å². The topological polar surface area (TPSA) is 0 Å². The van der Waals surface area contributed by atoms with Crippen molar-refractivity contribution in [1.82, 2.24) is 0 Å². The first-order valence-corrected chi connectivity index (χ1v) is 24.4. The van der Waals surface area contributed by atoms with Crippen LogP contribution in [-0.2, 0) is 0 Å². The van der Waals surface area contributed by atoms with Crippen LogP contribution in [0.25, 0.3) is 153 Å². The van der Waals surface area contributed by atoms with E-state index in [1.54, 1.807) is 0 Å². The Morgan fingerprint density at radius 3 is 0.971 bits per heavy atom. The molecule has 0 nitrogen and oxygen atoms in total. The lowest BCUT2D eigenvalue weighted by atomic mass is 9.83. The number of rotatable bonds is 6. The highest BCUT2D eigenvalue weighted by Gasteiger charge is 2.24. The molecule has 0 bridgehead atoms. The van der Waals surface area contributed by atoms with E-state index >= 15 is 0 Å². The van der Waals surface area contributed by atoms with E-state index < -0.39 is 0 Å². The molecule has 0 amide bonds. The third-order valence-electron chi connectivity index (χ3n) is 15.4. The highest BCUT2D eigenvalue weighted by atomic mass is 14.3. The smallest absolute Gasteiger partial charge is 0.00199 e. The summed E-state index contributed by atoms with van der Waals surface area (Å²) in [6.07, 6.45) is 0. The van der Waals surface area contributed by atoms with Crippen molar-refractivity contribution in [3.8, 4) is 66.8 Å². The van der Waals surface area contributed by atoms with Crippen molar-refractivity contribution in [3.05, 3.63) is 255 Å². The molecule has 0 saturated carbocycles. The maximum absolute atomic E-state index is 2.55. The fourth-order valence-corrected chi connectivity index (χ4v) is 12.4. The summed E-state index contributed by atoms with van der Waals surface area (Å²) in [5, 5.41) is 20.7. The van der Waals surface area contributed by atoms with E-state index in [4.69, 9.17) is 0 Å². The predicted octanol–water partition coefficient (Wildman–Crippen LogP) is 19.8. The molecular weight excluding hydrogens is 841 g/mol. The van der Waals surface area contributed by atoms with Crippen LogP contribution in [0.2, 0.25) is 0 Å². The Bertz CT molecular complexity index is 4420. The van der Waals surface area contributed by atoms with Gasteiger partial charge in [-0.05, 0) is 177 Å². The fraction of sp³-hybridized carbons (Fsp3) is 0. The Balaban J connectivity index is 1.10. The van der Waals surface area contributed by atoms with Gasteiger partial charge in [-0.2, -0.15) is 0 Å². The van der Waals surface area contributed by atoms with E-state index in [2.05, 4.69) is 255 Å². The summed E-state index contributed by atoms with van der Waals surface area (Å²) in [7, 11) is 0. The van der Waals surface area contributed by atoms with E-state index in [-0.39, 0.29) is 0 Å². The van der Waals surface area contributed by atoms with Gasteiger partial charge in [0.1, 0.15) is 0 Å². The van der Waals surface area contributed by atoms with Crippen LogP contribution in [0.1, 0.15) is 0 Å². The zero-order chi connectivity index (χ0) is 45.9. The zero-order valence-corrected chi connectivity index (χ0v) is 38.2. The average molecular weight is 883 g/mol. The maximum Gasteiger partial charge on any atom is -0.00199 e. The molecule has 322 valence electrons. The van der Waals surface area contributed by atoms with Crippen LogP contribution in [0.5, 0.6) is 0 Å². The largest absolute Gasteiger partial charge is 0.0622 e. The normalized spacial score (nSPS) is 12.0. The van der Waals surface area contributed by atoms with Gasteiger partial charge in [-0.1, -0.05) is 231 Å². The predicted molar refractivity (Wildman–Crippen MR) is 301 cm³/mol. The van der Waals surface area contributed by atoms with E-state index in [9.17, 15) is 0 Å². The monoisotopic (exact) mass is 882 g/mol. The fourth-order valence-electron chi connectivity index (χ4n) is 12.4. The lowest BCUT2D eigenvalue weighted by Crippen LogP contribution is -1.93. The Hall–Kier alpha value is -9.10. The number of hydrogen-bond donors (Lipinski definition) is 0. The van der Waals surface area contributed by atoms with Crippen molar-refractivity contribution in [2.24, 2.45) is 0 Å². The molecule has 0 spiro atoms. The van der Waals surface area contributed by atoms with Crippen LogP contribution in [0.15, 0.2) is 255 Å². The van der Waals surface area contributed by atoms with Gasteiger partial charge >= 0.3 is 0 Å². The van der Waals surface area contributed by atoms with Crippen molar-refractivity contribution in [1.29, 1.82) is 0 Å². The second kappa shape index (κ2) is 15.2. The summed E-state index contributed by atoms with van der Waals surface area (Å²) in [6.45, 7) is 0. The molecule has 15 aromatic carbocycles. The summed E-state index contributed by atoms with van der Waals surface area (Å²) < 4.78 is 0. The lowest BCUT2D eigenvalue weighted by Gasteiger charge is -2.20. The minimum absolute atomic E-state index is 1.20. The van der Waals surface area contributed by atoms with Gasteiger partial charge in [-0.3, -0.25) is 0 Å². The second-order valence-electron chi connectivity index (χ2n) is 19.0. The first kappa shape index (κ1) is 38.9. The highest BCUT2D eigenvalue weighted by Crippen LogP contribution is 2.52. The molecule has 0 aliphatic carbocycles. The van der Waals surface area contributed by atoms with Gasteiger partial charge in [0.15, 0.2) is 0 Å². The van der Waals surface area contributed by atoms with Gasteiger partial charge in [0, 0.05) is 0 Å². The summed E-state index contributed by atoms with van der Waals surface area (Å²) in [4.78, 5) is 0. The zero-order valence-electron chi connectivity index (χ0n) is 38.2. The molecule has 0 fully saturated rings. The van der Waals surface area contributed by atoms with Crippen molar-refractivity contribution >= 4 is 86.2 Å². The number of hydrogen-bond acceptors (Lipinski definition) is 0. The van der Waals surface area contributed by atoms with E-state index in [0.717, 1.165) is 0 Å². The van der Waals surface area contributed by atoms with E-state index in [1.165, 1.54) is 153 Å².